The van der Waals surface area contributed by atoms with Gasteiger partial charge in [-0.1, -0.05) is 35.3 Å². The summed E-state index contributed by atoms with van der Waals surface area (Å²) in [6.07, 6.45) is 1.65. The number of benzene rings is 3. The van der Waals surface area contributed by atoms with Crippen molar-refractivity contribution >= 4 is 51.7 Å². The number of halogens is 2. The molecule has 1 N–H and O–H groups in total. The highest BCUT2D eigenvalue weighted by molar-refractivity contribution is 6.35. The van der Waals surface area contributed by atoms with E-state index in [0.29, 0.717) is 27.5 Å². The number of amides is 2. The molecule has 0 radical (unpaired) electrons. The van der Waals surface area contributed by atoms with Crippen LogP contribution in [0, 0.1) is 0 Å². The molecule has 0 saturated carbocycles. The summed E-state index contributed by atoms with van der Waals surface area (Å²) in [4.78, 5) is 35.4. The third-order valence-corrected chi connectivity index (χ3v) is 5.46. The number of carbonyl (C=O) groups excluding carboxylic acids is 2. The molecule has 0 saturated heterocycles. The van der Waals surface area contributed by atoms with E-state index < -0.39 is 5.91 Å². The van der Waals surface area contributed by atoms with Crippen LogP contribution in [0.1, 0.15) is 20.7 Å². The lowest BCUT2D eigenvalue weighted by atomic mass is 10.1. The van der Waals surface area contributed by atoms with Crippen molar-refractivity contribution in [1.82, 2.24) is 14.9 Å². The minimum atomic E-state index is -0.406. The Bertz CT molecular complexity index is 1360. The number of fused-ring (bicyclic) bond motifs is 1. The monoisotopic (exact) mass is 464 g/mol. The maximum atomic E-state index is 12.8. The molecule has 1 heterocycles. The van der Waals surface area contributed by atoms with Gasteiger partial charge in [0.05, 0.1) is 38.5 Å². The lowest BCUT2D eigenvalue weighted by molar-refractivity contribution is 0.0827. The number of nitrogens with zero attached hydrogens (tertiary/aromatic N) is 3. The van der Waals surface area contributed by atoms with Crippen molar-refractivity contribution in [2.75, 3.05) is 19.4 Å². The zero-order valence-electron chi connectivity index (χ0n) is 17.3. The molecule has 2 amide bonds. The number of aromatic nitrogens is 2. The van der Waals surface area contributed by atoms with Crippen LogP contribution < -0.4 is 5.32 Å². The van der Waals surface area contributed by atoms with E-state index in [1.807, 2.05) is 24.3 Å². The fourth-order valence-electron chi connectivity index (χ4n) is 3.18. The van der Waals surface area contributed by atoms with Crippen LogP contribution in [0.15, 0.2) is 66.9 Å². The zero-order valence-corrected chi connectivity index (χ0v) is 18.8. The molecule has 0 bridgehead atoms. The Labute approximate surface area is 194 Å². The highest BCUT2D eigenvalue weighted by Gasteiger charge is 2.16. The van der Waals surface area contributed by atoms with Gasteiger partial charge in [-0.15, -0.1) is 0 Å². The van der Waals surface area contributed by atoms with Crippen LogP contribution in [0.4, 0.5) is 5.69 Å². The van der Waals surface area contributed by atoms with E-state index in [4.69, 9.17) is 23.2 Å². The van der Waals surface area contributed by atoms with E-state index in [1.54, 1.807) is 44.6 Å². The van der Waals surface area contributed by atoms with Gasteiger partial charge in [-0.3, -0.25) is 14.6 Å². The van der Waals surface area contributed by atoms with E-state index in [9.17, 15) is 9.59 Å². The van der Waals surface area contributed by atoms with Gasteiger partial charge in [-0.25, -0.2) is 4.98 Å². The third kappa shape index (κ3) is 4.42. The van der Waals surface area contributed by atoms with E-state index in [2.05, 4.69) is 15.3 Å². The summed E-state index contributed by atoms with van der Waals surface area (Å²) < 4.78 is 0. The molecule has 0 atom stereocenters. The molecule has 4 rings (SSSR count). The lowest BCUT2D eigenvalue weighted by Gasteiger charge is -2.13. The van der Waals surface area contributed by atoms with Gasteiger partial charge in [0.15, 0.2) is 0 Å². The van der Waals surface area contributed by atoms with Crippen molar-refractivity contribution in [3.05, 3.63) is 88.0 Å². The largest absolute Gasteiger partial charge is 0.345 e. The molecule has 0 aliphatic heterocycles. The zero-order chi connectivity index (χ0) is 22.8. The summed E-state index contributed by atoms with van der Waals surface area (Å²) in [6, 6.07) is 17.2. The Balaban J connectivity index is 1.61. The molecule has 0 aliphatic carbocycles. The molecule has 0 aliphatic rings. The summed E-state index contributed by atoms with van der Waals surface area (Å²) in [6.45, 7) is 0. The second-order valence-electron chi connectivity index (χ2n) is 7.29. The van der Waals surface area contributed by atoms with Crippen molar-refractivity contribution in [2.45, 2.75) is 0 Å². The van der Waals surface area contributed by atoms with Crippen LogP contribution in [-0.2, 0) is 0 Å². The average molecular weight is 465 g/mol. The maximum absolute atomic E-state index is 12.8. The number of rotatable bonds is 4. The fourth-order valence-corrected chi connectivity index (χ4v) is 3.66. The average Bonchev–Trinajstić information content (AvgIpc) is 2.79. The molecule has 0 spiro atoms. The van der Waals surface area contributed by atoms with E-state index >= 15 is 0 Å². The van der Waals surface area contributed by atoms with E-state index in [-0.39, 0.29) is 16.5 Å². The predicted octanol–water partition coefficient (Wildman–Crippen LogP) is 5.56. The Hall–Kier alpha value is -3.48. The molecule has 8 heteroatoms. The molecule has 4 aromatic rings. The highest BCUT2D eigenvalue weighted by Crippen LogP contribution is 2.30. The van der Waals surface area contributed by atoms with Crippen molar-refractivity contribution in [2.24, 2.45) is 0 Å². The van der Waals surface area contributed by atoms with Crippen molar-refractivity contribution in [1.29, 1.82) is 0 Å². The lowest BCUT2D eigenvalue weighted by Crippen LogP contribution is -2.22. The summed E-state index contributed by atoms with van der Waals surface area (Å²) in [5.41, 5.74) is 3.94. The van der Waals surface area contributed by atoms with Gasteiger partial charge in [0.25, 0.3) is 11.8 Å². The summed E-state index contributed by atoms with van der Waals surface area (Å²) in [5, 5.41) is 3.49. The van der Waals surface area contributed by atoms with Gasteiger partial charge in [0.1, 0.15) is 0 Å². The third-order valence-electron chi connectivity index (χ3n) is 4.82. The fraction of sp³-hybridized carbons (Fsp3) is 0.0833. The number of carbonyl (C=O) groups is 2. The second kappa shape index (κ2) is 8.94. The van der Waals surface area contributed by atoms with Crippen LogP contribution in [0.5, 0.6) is 0 Å². The summed E-state index contributed by atoms with van der Waals surface area (Å²) in [5.74, 6) is -0.602. The number of anilines is 1. The van der Waals surface area contributed by atoms with Crippen LogP contribution >= 0.6 is 23.2 Å². The van der Waals surface area contributed by atoms with Crippen LogP contribution in [-0.4, -0.2) is 40.8 Å². The Morgan fingerprint density at radius 1 is 0.906 bits per heavy atom. The van der Waals surface area contributed by atoms with Gasteiger partial charge in [0, 0.05) is 30.9 Å². The first kappa shape index (κ1) is 21.7. The second-order valence-corrected chi connectivity index (χ2v) is 8.10. The maximum Gasteiger partial charge on any atom is 0.257 e. The minimum Gasteiger partial charge on any atom is -0.345 e. The van der Waals surface area contributed by atoms with Gasteiger partial charge in [0.2, 0.25) is 0 Å². The van der Waals surface area contributed by atoms with Crippen LogP contribution in [0.3, 0.4) is 0 Å². The molecule has 1 aromatic heterocycles. The number of hydrogen-bond acceptors (Lipinski definition) is 4. The first-order valence-electron chi connectivity index (χ1n) is 9.68. The minimum absolute atomic E-state index is 0.185. The molecule has 6 nitrogen and oxygen atoms in total. The van der Waals surface area contributed by atoms with Crippen molar-refractivity contribution < 1.29 is 9.59 Å². The van der Waals surface area contributed by atoms with Crippen molar-refractivity contribution in [3.63, 3.8) is 0 Å². The Morgan fingerprint density at radius 2 is 1.66 bits per heavy atom. The Kier molecular flexibility index (Phi) is 6.08. The van der Waals surface area contributed by atoms with Crippen LogP contribution in [0.2, 0.25) is 10.0 Å². The first-order valence-corrected chi connectivity index (χ1v) is 10.4. The molecule has 160 valence electrons. The topological polar surface area (TPSA) is 75.2 Å². The predicted molar refractivity (Wildman–Crippen MR) is 127 cm³/mol. The van der Waals surface area contributed by atoms with Gasteiger partial charge < -0.3 is 10.2 Å². The van der Waals surface area contributed by atoms with E-state index in [0.717, 1.165) is 11.0 Å². The summed E-state index contributed by atoms with van der Waals surface area (Å²) in [7, 11) is 3.30. The molecular formula is C24H18Cl2N4O2. The molecule has 3 aromatic carbocycles. The first-order chi connectivity index (χ1) is 15.3. The molecule has 0 fully saturated rings. The number of hydrogen-bond donors (Lipinski definition) is 1. The molecular weight excluding hydrogens is 447 g/mol. The summed E-state index contributed by atoms with van der Waals surface area (Å²) >= 11 is 12.7. The van der Waals surface area contributed by atoms with Gasteiger partial charge in [-0.05, 0) is 48.5 Å². The number of nitrogens with one attached hydrogen (secondary N) is 1. The van der Waals surface area contributed by atoms with Gasteiger partial charge >= 0.3 is 0 Å². The highest BCUT2D eigenvalue weighted by atomic mass is 35.5. The molecule has 0 unspecified atom stereocenters. The van der Waals surface area contributed by atoms with Crippen LogP contribution in [0.25, 0.3) is 22.3 Å². The van der Waals surface area contributed by atoms with Gasteiger partial charge in [-0.2, -0.15) is 0 Å². The smallest absolute Gasteiger partial charge is 0.257 e. The quantitative estimate of drug-likeness (QED) is 0.429. The Morgan fingerprint density at radius 3 is 2.38 bits per heavy atom. The molecule has 32 heavy (non-hydrogen) atoms. The standard InChI is InChI=1S/C24H18Cl2N4O2/c1-30(2)24(32)14-7-9-16(19(26)11-14)23(31)28-15-8-10-18(25)17(12-15)22-13-27-20-5-3-4-6-21(20)29-22/h3-13H,1-2H3,(H,28,31). The SMILES string of the molecule is CN(C)C(=O)c1ccc(C(=O)Nc2ccc(Cl)c(-c3cnc4ccccc4n3)c2)c(Cl)c1. The number of para-hydroxylation sites is 2. The normalized spacial score (nSPS) is 10.8. The van der Waals surface area contributed by atoms with Crippen molar-refractivity contribution in [3.8, 4) is 11.3 Å². The van der Waals surface area contributed by atoms with E-state index in [1.165, 1.54) is 17.0 Å².